The highest BCUT2D eigenvalue weighted by Crippen LogP contribution is 2.15. The standard InChI is InChI=1S/C26H24N2O5/c1-2-24(30)18-12-14-21(15-13-18)33-17-20(29)16-27-23-11-7-6-10-22(23)25(31)28(26(27)32)19-8-4-3-5-9-19/h3-15,20,29H,2,16-17H2,1H3. The van der Waals surface area contributed by atoms with Crippen molar-refractivity contribution in [1.29, 1.82) is 0 Å². The SMILES string of the molecule is CCC(=O)c1ccc(OCC(O)Cn2c(=O)n(-c3ccccc3)c(=O)c3ccccc32)cc1. The average Bonchev–Trinajstić information content (AvgIpc) is 2.86. The quantitative estimate of drug-likeness (QED) is 0.422. The van der Waals surface area contributed by atoms with Crippen molar-refractivity contribution in [1.82, 2.24) is 9.13 Å². The number of hydrogen-bond donors (Lipinski definition) is 1. The van der Waals surface area contributed by atoms with Crippen LogP contribution in [0.25, 0.3) is 16.6 Å². The van der Waals surface area contributed by atoms with Gasteiger partial charge in [-0.3, -0.25) is 14.2 Å². The summed E-state index contributed by atoms with van der Waals surface area (Å²) in [5, 5.41) is 11.0. The lowest BCUT2D eigenvalue weighted by Crippen LogP contribution is -2.41. The van der Waals surface area contributed by atoms with Gasteiger partial charge < -0.3 is 9.84 Å². The summed E-state index contributed by atoms with van der Waals surface area (Å²) in [5.74, 6) is 0.551. The van der Waals surface area contributed by atoms with Gasteiger partial charge in [-0.25, -0.2) is 9.36 Å². The molecule has 1 aromatic heterocycles. The van der Waals surface area contributed by atoms with E-state index in [0.717, 1.165) is 4.57 Å². The Hall–Kier alpha value is -3.97. The van der Waals surface area contributed by atoms with Crippen LogP contribution in [0.5, 0.6) is 5.75 Å². The van der Waals surface area contributed by atoms with Crippen molar-refractivity contribution < 1.29 is 14.6 Å². The Labute approximate surface area is 190 Å². The van der Waals surface area contributed by atoms with Crippen molar-refractivity contribution in [3.8, 4) is 11.4 Å². The van der Waals surface area contributed by atoms with Gasteiger partial charge in [-0.05, 0) is 48.5 Å². The highest BCUT2D eigenvalue weighted by molar-refractivity contribution is 5.95. The van der Waals surface area contributed by atoms with Crippen LogP contribution < -0.4 is 16.0 Å². The van der Waals surface area contributed by atoms with Crippen molar-refractivity contribution in [2.45, 2.75) is 26.0 Å². The van der Waals surface area contributed by atoms with Crippen LogP contribution in [0.2, 0.25) is 0 Å². The lowest BCUT2D eigenvalue weighted by Gasteiger charge is -2.18. The Balaban J connectivity index is 1.61. The first-order valence-corrected chi connectivity index (χ1v) is 10.7. The summed E-state index contributed by atoms with van der Waals surface area (Å²) in [6.45, 7) is 1.68. The second-order valence-electron chi connectivity index (χ2n) is 7.65. The van der Waals surface area contributed by atoms with Gasteiger partial charge >= 0.3 is 5.69 Å². The van der Waals surface area contributed by atoms with E-state index in [1.54, 1.807) is 85.8 Å². The zero-order valence-corrected chi connectivity index (χ0v) is 18.2. The van der Waals surface area contributed by atoms with Gasteiger partial charge in [0.1, 0.15) is 18.5 Å². The number of ether oxygens (including phenoxy) is 1. The molecular formula is C26H24N2O5. The van der Waals surface area contributed by atoms with Crippen LogP contribution in [0.3, 0.4) is 0 Å². The van der Waals surface area contributed by atoms with Crippen LogP contribution in [0.1, 0.15) is 23.7 Å². The number of nitrogens with zero attached hydrogens (tertiary/aromatic N) is 2. The molecule has 7 heteroatoms. The van der Waals surface area contributed by atoms with E-state index in [9.17, 15) is 19.5 Å². The van der Waals surface area contributed by atoms with Crippen molar-refractivity contribution in [2.24, 2.45) is 0 Å². The summed E-state index contributed by atoms with van der Waals surface area (Å²) in [6, 6.07) is 22.2. The van der Waals surface area contributed by atoms with Crippen molar-refractivity contribution >= 4 is 16.7 Å². The highest BCUT2D eigenvalue weighted by atomic mass is 16.5. The van der Waals surface area contributed by atoms with Crippen LogP contribution in [0, 0.1) is 0 Å². The molecule has 1 atom stereocenters. The number of rotatable bonds is 8. The highest BCUT2D eigenvalue weighted by Gasteiger charge is 2.17. The Morgan fingerprint density at radius 2 is 1.61 bits per heavy atom. The summed E-state index contributed by atoms with van der Waals surface area (Å²) in [7, 11) is 0. The first-order valence-electron chi connectivity index (χ1n) is 10.7. The molecule has 0 radical (unpaired) electrons. The van der Waals surface area contributed by atoms with Gasteiger partial charge in [-0.1, -0.05) is 37.3 Å². The number of aliphatic hydroxyl groups is 1. The number of aromatic nitrogens is 2. The summed E-state index contributed by atoms with van der Waals surface area (Å²) < 4.78 is 8.15. The maximum absolute atomic E-state index is 13.3. The van der Waals surface area contributed by atoms with Crippen molar-refractivity contribution in [3.63, 3.8) is 0 Å². The van der Waals surface area contributed by atoms with Crippen LogP contribution in [0.4, 0.5) is 0 Å². The molecule has 4 aromatic rings. The number of hydrogen-bond acceptors (Lipinski definition) is 5. The predicted octanol–water partition coefficient (Wildman–Crippen LogP) is 3.19. The Bertz CT molecular complexity index is 1390. The minimum atomic E-state index is -1.01. The zero-order valence-electron chi connectivity index (χ0n) is 18.2. The van der Waals surface area contributed by atoms with Gasteiger partial charge in [-0.15, -0.1) is 0 Å². The number of Topliss-reactive ketones (excluding diaryl/α,β-unsaturated/α-hetero) is 1. The fourth-order valence-electron chi connectivity index (χ4n) is 3.70. The number of benzene rings is 3. The van der Waals surface area contributed by atoms with Gasteiger partial charge in [0.15, 0.2) is 5.78 Å². The molecule has 0 aliphatic heterocycles. The Kier molecular flexibility index (Phi) is 6.51. The second kappa shape index (κ2) is 9.67. The lowest BCUT2D eigenvalue weighted by molar-refractivity contribution is 0.0920. The number of carbonyl (C=O) groups excluding carboxylic acids is 1. The predicted molar refractivity (Wildman–Crippen MR) is 126 cm³/mol. The van der Waals surface area contributed by atoms with E-state index in [1.807, 2.05) is 0 Å². The fourth-order valence-corrected chi connectivity index (χ4v) is 3.70. The molecule has 0 saturated carbocycles. The molecule has 33 heavy (non-hydrogen) atoms. The topological polar surface area (TPSA) is 90.5 Å². The first-order chi connectivity index (χ1) is 16.0. The third kappa shape index (κ3) is 4.63. The van der Waals surface area contributed by atoms with Gasteiger partial charge in [-0.2, -0.15) is 0 Å². The number of ketones is 1. The summed E-state index contributed by atoms with van der Waals surface area (Å²) in [6.07, 6.45) is -0.586. The number of aliphatic hydroxyl groups excluding tert-OH is 1. The number of fused-ring (bicyclic) bond motifs is 1. The molecule has 1 heterocycles. The van der Waals surface area contributed by atoms with E-state index in [2.05, 4.69) is 0 Å². The Morgan fingerprint density at radius 1 is 0.939 bits per heavy atom. The molecule has 0 aliphatic carbocycles. The largest absolute Gasteiger partial charge is 0.491 e. The lowest BCUT2D eigenvalue weighted by atomic mass is 10.1. The monoisotopic (exact) mass is 444 g/mol. The third-order valence-corrected chi connectivity index (χ3v) is 5.40. The first kappa shape index (κ1) is 22.2. The van der Waals surface area contributed by atoms with E-state index >= 15 is 0 Å². The molecule has 1 unspecified atom stereocenters. The summed E-state index contributed by atoms with van der Waals surface area (Å²) in [5.41, 5.74) is 0.559. The van der Waals surface area contributed by atoms with E-state index < -0.39 is 17.4 Å². The number of para-hydroxylation sites is 2. The molecule has 3 aromatic carbocycles. The zero-order chi connectivity index (χ0) is 23.4. The molecule has 168 valence electrons. The normalized spacial score (nSPS) is 11.9. The van der Waals surface area contributed by atoms with E-state index in [-0.39, 0.29) is 18.9 Å². The van der Waals surface area contributed by atoms with Crippen molar-refractivity contribution in [2.75, 3.05) is 6.61 Å². The molecule has 0 amide bonds. The fraction of sp³-hybridized carbons (Fsp3) is 0.192. The molecule has 0 saturated heterocycles. The van der Waals surface area contributed by atoms with Crippen LogP contribution in [-0.2, 0) is 6.54 Å². The van der Waals surface area contributed by atoms with Crippen molar-refractivity contribution in [3.05, 3.63) is 105 Å². The summed E-state index contributed by atoms with van der Waals surface area (Å²) in [4.78, 5) is 38.1. The smallest absolute Gasteiger partial charge is 0.336 e. The Morgan fingerprint density at radius 3 is 2.30 bits per heavy atom. The maximum Gasteiger partial charge on any atom is 0.336 e. The van der Waals surface area contributed by atoms with Crippen LogP contribution >= 0.6 is 0 Å². The number of carbonyl (C=O) groups is 1. The molecular weight excluding hydrogens is 420 g/mol. The van der Waals surface area contributed by atoms with Gasteiger partial charge in [0.2, 0.25) is 0 Å². The molecule has 7 nitrogen and oxygen atoms in total. The molecule has 0 fully saturated rings. The van der Waals surface area contributed by atoms with E-state index in [1.165, 1.54) is 4.57 Å². The maximum atomic E-state index is 13.3. The minimum absolute atomic E-state index is 0.0429. The second-order valence-corrected chi connectivity index (χ2v) is 7.65. The molecule has 4 rings (SSSR count). The minimum Gasteiger partial charge on any atom is -0.491 e. The van der Waals surface area contributed by atoms with Crippen LogP contribution in [0.15, 0.2) is 88.5 Å². The molecule has 0 bridgehead atoms. The molecule has 1 N–H and O–H groups in total. The van der Waals surface area contributed by atoms with Gasteiger partial charge in [0.25, 0.3) is 5.56 Å². The van der Waals surface area contributed by atoms with E-state index in [4.69, 9.17) is 4.74 Å². The van der Waals surface area contributed by atoms with E-state index in [0.29, 0.717) is 34.3 Å². The average molecular weight is 444 g/mol. The summed E-state index contributed by atoms with van der Waals surface area (Å²) >= 11 is 0. The molecule has 0 aliphatic rings. The third-order valence-electron chi connectivity index (χ3n) is 5.40. The van der Waals surface area contributed by atoms with Gasteiger partial charge in [0, 0.05) is 12.0 Å². The van der Waals surface area contributed by atoms with Gasteiger partial charge in [0.05, 0.1) is 23.1 Å². The van der Waals surface area contributed by atoms with Crippen LogP contribution in [-0.4, -0.2) is 32.7 Å². The molecule has 0 spiro atoms.